The number of nitrogens with zero attached hydrogens (tertiary/aromatic N) is 1. The van der Waals surface area contributed by atoms with Crippen LogP contribution in [-0.2, 0) is 4.79 Å². The fourth-order valence-corrected chi connectivity index (χ4v) is 1.57. The minimum Gasteiger partial charge on any atom is -0.481 e. The van der Waals surface area contributed by atoms with Crippen molar-refractivity contribution in [3.63, 3.8) is 0 Å². The van der Waals surface area contributed by atoms with Gasteiger partial charge in [-0.3, -0.25) is 4.79 Å². The second kappa shape index (κ2) is 3.86. The standard InChI is InChI=1S/C9H16N2O3/c1-3-10-8(14)11-5-4-9(2,6-11)7(12)13/h3-6H2,1-2H3,(H,10,14)(H,12,13). The molecule has 5 nitrogen and oxygen atoms in total. The van der Waals surface area contributed by atoms with Crippen LogP contribution in [0.15, 0.2) is 0 Å². The second-order valence-electron chi connectivity index (χ2n) is 3.87. The van der Waals surface area contributed by atoms with Crippen molar-refractivity contribution in [3.05, 3.63) is 0 Å². The minimum atomic E-state index is -0.829. The fourth-order valence-electron chi connectivity index (χ4n) is 1.57. The van der Waals surface area contributed by atoms with Crippen molar-refractivity contribution >= 4 is 12.0 Å². The average Bonchev–Trinajstić information content (AvgIpc) is 2.50. The molecule has 5 heteroatoms. The Balaban J connectivity index is 2.56. The number of rotatable bonds is 2. The summed E-state index contributed by atoms with van der Waals surface area (Å²) in [4.78, 5) is 23.8. The van der Waals surface area contributed by atoms with E-state index in [2.05, 4.69) is 5.32 Å². The number of aliphatic carboxylic acids is 1. The molecule has 14 heavy (non-hydrogen) atoms. The maximum absolute atomic E-state index is 11.4. The number of carbonyl (C=O) groups excluding carboxylic acids is 1. The number of nitrogens with one attached hydrogen (secondary N) is 1. The molecule has 0 aromatic rings. The molecule has 1 fully saturated rings. The number of carbonyl (C=O) groups is 2. The van der Waals surface area contributed by atoms with Crippen LogP contribution in [0.3, 0.4) is 0 Å². The zero-order valence-corrected chi connectivity index (χ0v) is 8.54. The number of likely N-dealkylation sites (tertiary alicyclic amines) is 1. The molecule has 1 aliphatic rings. The van der Waals surface area contributed by atoms with Crippen LogP contribution in [0.4, 0.5) is 4.79 Å². The second-order valence-corrected chi connectivity index (χ2v) is 3.87. The van der Waals surface area contributed by atoms with Crippen LogP contribution in [0.1, 0.15) is 20.3 Å². The first-order valence-electron chi connectivity index (χ1n) is 4.76. The van der Waals surface area contributed by atoms with Crippen LogP contribution in [0, 0.1) is 5.41 Å². The number of amides is 2. The van der Waals surface area contributed by atoms with Crippen LogP contribution in [0.25, 0.3) is 0 Å². The van der Waals surface area contributed by atoms with Crippen LogP contribution in [0.2, 0.25) is 0 Å². The van der Waals surface area contributed by atoms with Gasteiger partial charge in [-0.2, -0.15) is 0 Å². The quantitative estimate of drug-likeness (QED) is 0.682. The van der Waals surface area contributed by atoms with E-state index in [4.69, 9.17) is 5.11 Å². The molecular formula is C9H16N2O3. The Morgan fingerprint density at radius 2 is 2.21 bits per heavy atom. The summed E-state index contributed by atoms with van der Waals surface area (Å²) in [6, 6.07) is -0.169. The summed E-state index contributed by atoms with van der Waals surface area (Å²) in [5, 5.41) is 11.6. The highest BCUT2D eigenvalue weighted by Crippen LogP contribution is 2.29. The SMILES string of the molecule is CCNC(=O)N1CCC(C)(C(=O)O)C1. The van der Waals surface area contributed by atoms with Gasteiger partial charge in [0.2, 0.25) is 0 Å². The molecule has 80 valence electrons. The van der Waals surface area contributed by atoms with Gasteiger partial charge in [0.05, 0.1) is 5.41 Å². The van der Waals surface area contributed by atoms with Crippen molar-refractivity contribution < 1.29 is 14.7 Å². The fraction of sp³-hybridized carbons (Fsp3) is 0.778. The van der Waals surface area contributed by atoms with Crippen LogP contribution < -0.4 is 5.32 Å². The Morgan fingerprint density at radius 3 is 2.64 bits per heavy atom. The van der Waals surface area contributed by atoms with Crippen LogP contribution in [0.5, 0.6) is 0 Å². The van der Waals surface area contributed by atoms with Gasteiger partial charge in [-0.05, 0) is 20.3 Å². The van der Waals surface area contributed by atoms with Gasteiger partial charge in [-0.15, -0.1) is 0 Å². The highest BCUT2D eigenvalue weighted by molar-refractivity contribution is 5.79. The van der Waals surface area contributed by atoms with E-state index in [1.807, 2.05) is 6.92 Å². The van der Waals surface area contributed by atoms with E-state index in [0.29, 0.717) is 26.1 Å². The van der Waals surface area contributed by atoms with Gasteiger partial charge in [0.15, 0.2) is 0 Å². The molecule has 2 N–H and O–H groups in total. The third-order valence-corrected chi connectivity index (χ3v) is 2.60. The molecule has 1 unspecified atom stereocenters. The van der Waals surface area contributed by atoms with E-state index >= 15 is 0 Å². The predicted molar refractivity (Wildman–Crippen MR) is 51.0 cm³/mol. The third-order valence-electron chi connectivity index (χ3n) is 2.60. The Hall–Kier alpha value is -1.26. The lowest BCUT2D eigenvalue weighted by Crippen LogP contribution is -2.40. The van der Waals surface area contributed by atoms with Crippen molar-refractivity contribution in [1.82, 2.24) is 10.2 Å². The van der Waals surface area contributed by atoms with E-state index in [-0.39, 0.29) is 6.03 Å². The van der Waals surface area contributed by atoms with Crippen molar-refractivity contribution in [1.29, 1.82) is 0 Å². The minimum absolute atomic E-state index is 0.169. The van der Waals surface area contributed by atoms with Gasteiger partial charge in [-0.25, -0.2) is 4.79 Å². The first kappa shape index (κ1) is 10.8. The van der Waals surface area contributed by atoms with Gasteiger partial charge < -0.3 is 15.3 Å². The molecule has 1 heterocycles. The molecule has 1 saturated heterocycles. The van der Waals surface area contributed by atoms with Crippen LogP contribution >= 0.6 is 0 Å². The summed E-state index contributed by atoms with van der Waals surface area (Å²) in [7, 11) is 0. The molecule has 0 bridgehead atoms. The van der Waals surface area contributed by atoms with Crippen molar-refractivity contribution in [2.45, 2.75) is 20.3 Å². The van der Waals surface area contributed by atoms with Gasteiger partial charge in [0.25, 0.3) is 0 Å². The van der Waals surface area contributed by atoms with E-state index in [1.165, 1.54) is 0 Å². The lowest BCUT2D eigenvalue weighted by atomic mass is 9.90. The maximum Gasteiger partial charge on any atom is 0.317 e. The zero-order chi connectivity index (χ0) is 10.8. The van der Waals surface area contributed by atoms with Crippen molar-refractivity contribution in [2.75, 3.05) is 19.6 Å². The summed E-state index contributed by atoms with van der Waals surface area (Å²) in [6.45, 7) is 4.90. The highest BCUT2D eigenvalue weighted by atomic mass is 16.4. The normalized spacial score (nSPS) is 26.3. The lowest BCUT2D eigenvalue weighted by Gasteiger charge is -2.20. The first-order valence-corrected chi connectivity index (χ1v) is 4.76. The number of carboxylic acids is 1. The monoisotopic (exact) mass is 200 g/mol. The van der Waals surface area contributed by atoms with Crippen LogP contribution in [-0.4, -0.2) is 41.6 Å². The summed E-state index contributed by atoms with van der Waals surface area (Å²) in [5.74, 6) is -0.829. The summed E-state index contributed by atoms with van der Waals surface area (Å²) in [6.07, 6.45) is 0.527. The van der Waals surface area contributed by atoms with E-state index in [1.54, 1.807) is 11.8 Å². The summed E-state index contributed by atoms with van der Waals surface area (Å²) in [5.41, 5.74) is -0.773. The first-order chi connectivity index (χ1) is 6.49. The van der Waals surface area contributed by atoms with Gasteiger partial charge in [-0.1, -0.05) is 0 Å². The molecule has 0 aromatic heterocycles. The Kier molecular flexibility index (Phi) is 2.98. The molecular weight excluding hydrogens is 184 g/mol. The molecule has 0 spiro atoms. The lowest BCUT2D eigenvalue weighted by molar-refractivity contribution is -0.146. The topological polar surface area (TPSA) is 69.6 Å². The largest absolute Gasteiger partial charge is 0.481 e. The average molecular weight is 200 g/mol. The molecule has 0 aromatic carbocycles. The molecule has 2 amide bonds. The molecule has 0 saturated carbocycles. The van der Waals surface area contributed by atoms with Gasteiger partial charge in [0, 0.05) is 19.6 Å². The van der Waals surface area contributed by atoms with Crippen molar-refractivity contribution in [2.24, 2.45) is 5.41 Å². The summed E-state index contributed by atoms with van der Waals surface area (Å²) >= 11 is 0. The van der Waals surface area contributed by atoms with E-state index in [0.717, 1.165) is 0 Å². The highest BCUT2D eigenvalue weighted by Gasteiger charge is 2.41. The maximum atomic E-state index is 11.4. The molecule has 0 aliphatic carbocycles. The Labute approximate surface area is 83.1 Å². The molecule has 1 aliphatic heterocycles. The Morgan fingerprint density at radius 1 is 1.57 bits per heavy atom. The molecule has 0 radical (unpaired) electrons. The van der Waals surface area contributed by atoms with Gasteiger partial charge >= 0.3 is 12.0 Å². The molecule has 1 rings (SSSR count). The number of urea groups is 1. The van der Waals surface area contributed by atoms with Crippen molar-refractivity contribution in [3.8, 4) is 0 Å². The number of hydrogen-bond donors (Lipinski definition) is 2. The number of carboxylic acid groups (broad SMARTS) is 1. The Bertz CT molecular complexity index is 254. The molecule has 1 atom stereocenters. The third kappa shape index (κ3) is 1.97. The summed E-state index contributed by atoms with van der Waals surface area (Å²) < 4.78 is 0. The van der Waals surface area contributed by atoms with Gasteiger partial charge in [0.1, 0.15) is 0 Å². The zero-order valence-electron chi connectivity index (χ0n) is 8.54. The number of hydrogen-bond acceptors (Lipinski definition) is 2. The predicted octanol–water partition coefficient (Wildman–Crippen LogP) is 0.513. The van der Waals surface area contributed by atoms with E-state index in [9.17, 15) is 9.59 Å². The van der Waals surface area contributed by atoms with E-state index < -0.39 is 11.4 Å². The smallest absolute Gasteiger partial charge is 0.317 e.